The monoisotopic (exact) mass is 357 g/mol. The van der Waals surface area contributed by atoms with Crippen molar-refractivity contribution in [2.75, 3.05) is 13.1 Å². The highest BCUT2D eigenvalue weighted by molar-refractivity contribution is 5.85. The van der Waals surface area contributed by atoms with Crippen LogP contribution in [0.2, 0.25) is 0 Å². The Hall–Kier alpha value is -3.16. The Balaban J connectivity index is 1.79. The van der Waals surface area contributed by atoms with Crippen molar-refractivity contribution >= 4 is 18.1 Å². The SMILES string of the molecule is O=C(O)N1CCC2=Cc3c(cnn3-c3ccc(F)cc3)C[C@]2(C(=O)O)C1. The predicted molar refractivity (Wildman–Crippen MR) is 89.5 cm³/mol. The predicted octanol–water partition coefficient (Wildman–Crippen LogP) is 2.41. The van der Waals surface area contributed by atoms with Crippen molar-refractivity contribution in [2.45, 2.75) is 12.8 Å². The molecule has 1 aliphatic carbocycles. The van der Waals surface area contributed by atoms with Crippen molar-refractivity contribution in [3.8, 4) is 5.69 Å². The Morgan fingerprint density at radius 3 is 2.58 bits per heavy atom. The molecule has 0 saturated carbocycles. The molecule has 0 bridgehead atoms. The Labute approximate surface area is 148 Å². The van der Waals surface area contributed by atoms with Gasteiger partial charge in [0.2, 0.25) is 0 Å². The normalized spacial score (nSPS) is 21.6. The number of aliphatic carboxylic acids is 1. The molecule has 1 atom stereocenters. The fraction of sp³-hybridized carbons (Fsp3) is 0.278. The third-order valence-corrected chi connectivity index (χ3v) is 5.17. The lowest BCUT2D eigenvalue weighted by molar-refractivity contribution is -0.148. The van der Waals surface area contributed by atoms with Gasteiger partial charge in [-0.2, -0.15) is 5.10 Å². The van der Waals surface area contributed by atoms with Gasteiger partial charge in [0.05, 0.1) is 17.6 Å². The zero-order valence-electron chi connectivity index (χ0n) is 13.7. The molecular weight excluding hydrogens is 341 g/mol. The lowest BCUT2D eigenvalue weighted by Gasteiger charge is -2.42. The number of fused-ring (bicyclic) bond motifs is 2. The average molecular weight is 357 g/mol. The molecule has 1 aromatic heterocycles. The number of rotatable bonds is 2. The first-order chi connectivity index (χ1) is 12.4. The van der Waals surface area contributed by atoms with Gasteiger partial charge in [0.1, 0.15) is 11.2 Å². The molecule has 2 aromatic rings. The molecule has 2 aliphatic rings. The van der Waals surface area contributed by atoms with E-state index >= 15 is 0 Å². The number of hydrogen-bond acceptors (Lipinski definition) is 3. The third-order valence-electron chi connectivity index (χ3n) is 5.17. The van der Waals surface area contributed by atoms with Gasteiger partial charge in [0.15, 0.2) is 0 Å². The van der Waals surface area contributed by atoms with Crippen molar-refractivity contribution in [1.82, 2.24) is 14.7 Å². The number of piperidine rings is 1. The molecule has 2 heterocycles. The Kier molecular flexibility index (Phi) is 3.57. The Morgan fingerprint density at radius 2 is 1.92 bits per heavy atom. The molecule has 2 N–H and O–H groups in total. The summed E-state index contributed by atoms with van der Waals surface area (Å²) in [7, 11) is 0. The number of halogens is 1. The fourth-order valence-corrected chi connectivity index (χ4v) is 3.78. The van der Waals surface area contributed by atoms with E-state index in [9.17, 15) is 24.2 Å². The van der Waals surface area contributed by atoms with Crippen LogP contribution in [-0.4, -0.2) is 50.0 Å². The number of aromatic nitrogens is 2. The molecule has 1 aliphatic heterocycles. The van der Waals surface area contributed by atoms with Crippen molar-refractivity contribution < 1.29 is 24.2 Å². The number of nitrogens with zero attached hydrogens (tertiary/aromatic N) is 3. The minimum atomic E-state index is -1.26. The van der Waals surface area contributed by atoms with Crippen LogP contribution in [0.3, 0.4) is 0 Å². The zero-order valence-corrected chi connectivity index (χ0v) is 13.7. The maximum Gasteiger partial charge on any atom is 0.407 e. The summed E-state index contributed by atoms with van der Waals surface area (Å²) in [4.78, 5) is 24.5. The molecule has 7 nitrogen and oxygen atoms in total. The first-order valence-electron chi connectivity index (χ1n) is 8.16. The maximum absolute atomic E-state index is 13.2. The van der Waals surface area contributed by atoms with Crippen LogP contribution in [0, 0.1) is 11.2 Å². The topological polar surface area (TPSA) is 95.7 Å². The lowest BCUT2D eigenvalue weighted by atomic mass is 9.68. The van der Waals surface area contributed by atoms with Crippen molar-refractivity contribution in [1.29, 1.82) is 0 Å². The largest absolute Gasteiger partial charge is 0.481 e. The van der Waals surface area contributed by atoms with Crippen LogP contribution in [0.1, 0.15) is 17.7 Å². The van der Waals surface area contributed by atoms with E-state index in [2.05, 4.69) is 5.10 Å². The van der Waals surface area contributed by atoms with E-state index in [4.69, 9.17) is 0 Å². The van der Waals surface area contributed by atoms with Gasteiger partial charge in [-0.1, -0.05) is 0 Å². The summed E-state index contributed by atoms with van der Waals surface area (Å²) in [5.41, 5.74) is 1.59. The van der Waals surface area contributed by atoms with Crippen molar-refractivity contribution in [3.63, 3.8) is 0 Å². The van der Waals surface area contributed by atoms with Gasteiger partial charge in [0, 0.05) is 13.1 Å². The highest BCUT2D eigenvalue weighted by Crippen LogP contribution is 2.44. The quantitative estimate of drug-likeness (QED) is 0.860. The number of hydrogen-bond donors (Lipinski definition) is 2. The maximum atomic E-state index is 13.2. The molecule has 0 spiro atoms. The Bertz CT molecular complexity index is 934. The number of carboxylic acids is 1. The summed E-state index contributed by atoms with van der Waals surface area (Å²) in [6, 6.07) is 5.89. The van der Waals surface area contributed by atoms with Crippen LogP contribution in [0.5, 0.6) is 0 Å². The minimum absolute atomic E-state index is 0.0787. The zero-order chi connectivity index (χ0) is 18.5. The molecule has 0 radical (unpaired) electrons. The standard InChI is InChI=1S/C18H16FN3O4/c19-13-1-3-14(4-2-13)22-15-7-12-5-6-21(17(25)26)10-18(12,16(23)24)8-11(15)9-20-22/h1-4,7,9H,5-6,8,10H2,(H,23,24)(H,25,26)/t18-/m0/s1. The molecule has 0 unspecified atom stereocenters. The first kappa shape index (κ1) is 16.3. The van der Waals surface area contributed by atoms with Gasteiger partial charge < -0.3 is 15.1 Å². The molecule has 1 saturated heterocycles. The molecule has 1 aromatic carbocycles. The summed E-state index contributed by atoms with van der Waals surface area (Å²) in [5, 5.41) is 23.5. The van der Waals surface area contributed by atoms with Gasteiger partial charge >= 0.3 is 12.1 Å². The number of likely N-dealkylation sites (tertiary alicyclic amines) is 1. The summed E-state index contributed by atoms with van der Waals surface area (Å²) in [6.45, 7) is 0.181. The second-order valence-corrected chi connectivity index (χ2v) is 6.63. The Morgan fingerprint density at radius 1 is 1.19 bits per heavy atom. The van der Waals surface area contributed by atoms with Gasteiger partial charge in [-0.05, 0) is 54.3 Å². The van der Waals surface area contributed by atoms with Gasteiger partial charge in [-0.15, -0.1) is 0 Å². The molecule has 26 heavy (non-hydrogen) atoms. The van der Waals surface area contributed by atoms with Crippen LogP contribution in [0.4, 0.5) is 9.18 Å². The summed E-state index contributed by atoms with van der Waals surface area (Å²) in [5.74, 6) is -1.38. The smallest absolute Gasteiger partial charge is 0.407 e. The highest BCUT2D eigenvalue weighted by Gasteiger charge is 2.49. The van der Waals surface area contributed by atoms with E-state index in [0.717, 1.165) is 16.2 Å². The average Bonchev–Trinajstić information content (AvgIpc) is 3.02. The molecule has 134 valence electrons. The molecule has 1 amide bonds. The van der Waals surface area contributed by atoms with E-state index < -0.39 is 17.5 Å². The van der Waals surface area contributed by atoms with Gasteiger partial charge in [-0.3, -0.25) is 4.79 Å². The molecular formula is C18H16FN3O4. The van der Waals surface area contributed by atoms with Crippen LogP contribution < -0.4 is 0 Å². The van der Waals surface area contributed by atoms with Crippen LogP contribution >= 0.6 is 0 Å². The van der Waals surface area contributed by atoms with Crippen LogP contribution in [-0.2, 0) is 11.2 Å². The van der Waals surface area contributed by atoms with Crippen LogP contribution in [0.25, 0.3) is 11.8 Å². The van der Waals surface area contributed by atoms with Crippen molar-refractivity contribution in [3.05, 3.63) is 53.1 Å². The lowest BCUT2D eigenvalue weighted by Crippen LogP contribution is -2.52. The van der Waals surface area contributed by atoms with E-state index in [1.54, 1.807) is 29.1 Å². The minimum Gasteiger partial charge on any atom is -0.481 e. The molecule has 8 heteroatoms. The molecule has 4 rings (SSSR count). The first-order valence-corrected chi connectivity index (χ1v) is 8.16. The summed E-state index contributed by atoms with van der Waals surface area (Å²) in [6.07, 6.45) is 2.80. The summed E-state index contributed by atoms with van der Waals surface area (Å²) < 4.78 is 14.8. The number of amides is 1. The fourth-order valence-electron chi connectivity index (χ4n) is 3.78. The number of carbonyl (C=O) groups is 2. The second kappa shape index (κ2) is 5.69. The number of carboxylic acid groups (broad SMARTS) is 2. The van der Waals surface area contributed by atoms with E-state index in [1.807, 2.05) is 0 Å². The third kappa shape index (κ3) is 2.37. The van der Waals surface area contributed by atoms with Gasteiger partial charge in [-0.25, -0.2) is 13.9 Å². The van der Waals surface area contributed by atoms with E-state index in [0.29, 0.717) is 17.7 Å². The van der Waals surface area contributed by atoms with Crippen LogP contribution in [0.15, 0.2) is 36.0 Å². The molecule has 1 fully saturated rings. The van der Waals surface area contributed by atoms with Crippen molar-refractivity contribution in [2.24, 2.45) is 5.41 Å². The highest BCUT2D eigenvalue weighted by atomic mass is 19.1. The van der Waals surface area contributed by atoms with E-state index in [1.165, 1.54) is 12.1 Å². The van der Waals surface area contributed by atoms with E-state index in [-0.39, 0.29) is 25.3 Å². The van der Waals surface area contributed by atoms with Gasteiger partial charge in [0.25, 0.3) is 0 Å². The summed E-state index contributed by atoms with van der Waals surface area (Å²) >= 11 is 0. The second-order valence-electron chi connectivity index (χ2n) is 6.63. The number of benzene rings is 1.